The number of carbonyl (C=O) groups is 1. The highest BCUT2D eigenvalue weighted by Gasteiger charge is 2.31. The molecule has 0 aromatic heterocycles. The molecule has 1 N–H and O–H groups in total. The molecule has 0 radical (unpaired) electrons. The smallest absolute Gasteiger partial charge is 0.244 e. The molecule has 0 bridgehead atoms. The van der Waals surface area contributed by atoms with Crippen molar-refractivity contribution in [2.24, 2.45) is 0 Å². The van der Waals surface area contributed by atoms with Crippen molar-refractivity contribution in [2.45, 2.75) is 51.6 Å². The molecular weight excluding hydrogens is 372 g/mol. The van der Waals surface area contributed by atoms with E-state index in [-0.39, 0.29) is 11.9 Å². The summed E-state index contributed by atoms with van der Waals surface area (Å²) in [5.74, 6) is -0.285. The number of benzene rings is 2. The maximum atomic E-state index is 13.0. The van der Waals surface area contributed by atoms with Crippen molar-refractivity contribution in [2.75, 3.05) is 10.6 Å². The second kappa shape index (κ2) is 8.35. The Morgan fingerprint density at radius 3 is 2.50 bits per heavy atom. The standard InChI is InChI=1S/C22H28N2O3S/c1-4-17-12-14-19(15-13-17)24(28(3,26)27)16(2)22(25)23-21-11-7-9-18-8-5-6-10-20(18)21/h5-6,8,10,12-16,21H,4,7,9,11H2,1-3H3,(H,23,25). The monoisotopic (exact) mass is 400 g/mol. The largest absolute Gasteiger partial charge is 0.347 e. The third-order valence-electron chi connectivity index (χ3n) is 5.37. The molecule has 1 aliphatic rings. The van der Waals surface area contributed by atoms with Gasteiger partial charge in [0.2, 0.25) is 15.9 Å². The van der Waals surface area contributed by atoms with Gasteiger partial charge in [0.05, 0.1) is 18.0 Å². The maximum Gasteiger partial charge on any atom is 0.244 e. The first-order valence-electron chi connectivity index (χ1n) is 9.77. The highest BCUT2D eigenvalue weighted by molar-refractivity contribution is 7.92. The quantitative estimate of drug-likeness (QED) is 0.806. The van der Waals surface area contributed by atoms with Crippen LogP contribution in [-0.4, -0.2) is 26.6 Å². The highest BCUT2D eigenvalue weighted by Crippen LogP contribution is 2.30. The van der Waals surface area contributed by atoms with Crippen LogP contribution in [0.2, 0.25) is 0 Å². The van der Waals surface area contributed by atoms with Gasteiger partial charge in [0.25, 0.3) is 0 Å². The molecule has 5 nitrogen and oxygen atoms in total. The number of sulfonamides is 1. The third-order valence-corrected chi connectivity index (χ3v) is 6.62. The molecule has 2 atom stereocenters. The second-order valence-electron chi connectivity index (χ2n) is 7.41. The fraction of sp³-hybridized carbons (Fsp3) is 0.409. The molecule has 1 aliphatic carbocycles. The highest BCUT2D eigenvalue weighted by atomic mass is 32.2. The van der Waals surface area contributed by atoms with Crippen LogP contribution in [0.25, 0.3) is 0 Å². The van der Waals surface area contributed by atoms with Gasteiger partial charge in [-0.2, -0.15) is 0 Å². The number of rotatable bonds is 6. The van der Waals surface area contributed by atoms with E-state index >= 15 is 0 Å². The molecule has 2 unspecified atom stereocenters. The normalized spacial score (nSPS) is 17.5. The third kappa shape index (κ3) is 4.38. The average Bonchev–Trinajstić information content (AvgIpc) is 2.68. The Labute approximate surface area is 167 Å². The van der Waals surface area contributed by atoms with E-state index in [0.717, 1.165) is 43.1 Å². The van der Waals surface area contributed by atoms with Crippen molar-refractivity contribution in [3.8, 4) is 0 Å². The molecule has 3 rings (SSSR count). The summed E-state index contributed by atoms with van der Waals surface area (Å²) in [6, 6.07) is 14.5. The molecule has 0 spiro atoms. The predicted molar refractivity (Wildman–Crippen MR) is 113 cm³/mol. The van der Waals surface area contributed by atoms with Crippen LogP contribution in [0.1, 0.15) is 49.4 Å². The van der Waals surface area contributed by atoms with Gasteiger partial charge in [0.15, 0.2) is 0 Å². The molecule has 6 heteroatoms. The minimum absolute atomic E-state index is 0.0798. The molecule has 0 saturated carbocycles. The molecule has 0 saturated heterocycles. The first kappa shape index (κ1) is 20.4. The van der Waals surface area contributed by atoms with E-state index in [1.54, 1.807) is 19.1 Å². The summed E-state index contributed by atoms with van der Waals surface area (Å²) in [6.07, 6.45) is 4.89. The molecular formula is C22H28N2O3S. The first-order valence-corrected chi connectivity index (χ1v) is 11.6. The second-order valence-corrected chi connectivity index (χ2v) is 9.27. The van der Waals surface area contributed by atoms with Crippen molar-refractivity contribution >= 4 is 21.6 Å². The lowest BCUT2D eigenvalue weighted by molar-refractivity contribution is -0.122. The van der Waals surface area contributed by atoms with E-state index in [9.17, 15) is 13.2 Å². The first-order chi connectivity index (χ1) is 13.3. The number of hydrogen-bond donors (Lipinski definition) is 1. The van der Waals surface area contributed by atoms with Crippen molar-refractivity contribution < 1.29 is 13.2 Å². The predicted octanol–water partition coefficient (Wildman–Crippen LogP) is 3.60. The number of anilines is 1. The van der Waals surface area contributed by atoms with Crippen molar-refractivity contribution in [3.05, 3.63) is 65.2 Å². The van der Waals surface area contributed by atoms with Gasteiger partial charge in [-0.05, 0) is 61.4 Å². The zero-order chi connectivity index (χ0) is 20.3. The van der Waals surface area contributed by atoms with Crippen LogP contribution >= 0.6 is 0 Å². The lowest BCUT2D eigenvalue weighted by Gasteiger charge is -2.31. The maximum absolute atomic E-state index is 13.0. The van der Waals surface area contributed by atoms with Gasteiger partial charge in [-0.25, -0.2) is 8.42 Å². The summed E-state index contributed by atoms with van der Waals surface area (Å²) in [5.41, 5.74) is 4.01. The van der Waals surface area contributed by atoms with Gasteiger partial charge in [-0.3, -0.25) is 9.10 Å². The van der Waals surface area contributed by atoms with Crippen LogP contribution in [0.4, 0.5) is 5.69 Å². The Hall–Kier alpha value is -2.34. The number of nitrogens with one attached hydrogen (secondary N) is 1. The molecule has 0 aliphatic heterocycles. The Bertz CT molecular complexity index is 939. The zero-order valence-corrected chi connectivity index (χ0v) is 17.5. The van der Waals surface area contributed by atoms with E-state index in [1.807, 2.05) is 37.3 Å². The molecule has 1 amide bonds. The van der Waals surface area contributed by atoms with Crippen LogP contribution in [0.5, 0.6) is 0 Å². The number of carbonyl (C=O) groups excluding carboxylic acids is 1. The van der Waals surface area contributed by atoms with E-state index in [0.29, 0.717) is 5.69 Å². The summed E-state index contributed by atoms with van der Waals surface area (Å²) in [7, 11) is -3.61. The number of fused-ring (bicyclic) bond motifs is 1. The fourth-order valence-corrected chi connectivity index (χ4v) is 5.06. The summed E-state index contributed by atoms with van der Waals surface area (Å²) in [6.45, 7) is 3.68. The zero-order valence-electron chi connectivity index (χ0n) is 16.7. The SMILES string of the molecule is CCc1ccc(N(C(C)C(=O)NC2CCCc3ccccc32)S(C)(=O)=O)cc1. The molecule has 150 valence electrons. The topological polar surface area (TPSA) is 66.5 Å². The van der Waals surface area contributed by atoms with Crippen LogP contribution in [0.3, 0.4) is 0 Å². The molecule has 2 aromatic rings. The van der Waals surface area contributed by atoms with Gasteiger partial charge < -0.3 is 5.32 Å². The Morgan fingerprint density at radius 1 is 1.18 bits per heavy atom. The van der Waals surface area contributed by atoms with Gasteiger partial charge in [-0.15, -0.1) is 0 Å². The molecule has 0 fully saturated rings. The Balaban J connectivity index is 1.83. The van der Waals surface area contributed by atoms with Gasteiger partial charge in [0.1, 0.15) is 6.04 Å². The van der Waals surface area contributed by atoms with Crippen LogP contribution < -0.4 is 9.62 Å². The van der Waals surface area contributed by atoms with Crippen LogP contribution in [0.15, 0.2) is 48.5 Å². The van der Waals surface area contributed by atoms with Crippen LogP contribution in [-0.2, 0) is 27.7 Å². The van der Waals surface area contributed by atoms with E-state index in [2.05, 4.69) is 11.4 Å². The fourth-order valence-electron chi connectivity index (χ4n) is 3.88. The van der Waals surface area contributed by atoms with Gasteiger partial charge >= 0.3 is 0 Å². The molecule has 0 heterocycles. The van der Waals surface area contributed by atoms with E-state index < -0.39 is 16.1 Å². The summed E-state index contributed by atoms with van der Waals surface area (Å²) in [4.78, 5) is 13.0. The Kier molecular flexibility index (Phi) is 6.08. The lowest BCUT2D eigenvalue weighted by Crippen LogP contribution is -2.49. The summed E-state index contributed by atoms with van der Waals surface area (Å²) < 4.78 is 26.1. The van der Waals surface area contributed by atoms with E-state index in [1.165, 1.54) is 9.87 Å². The lowest BCUT2D eigenvalue weighted by atomic mass is 9.87. The van der Waals surface area contributed by atoms with Gasteiger partial charge in [0, 0.05) is 0 Å². The Morgan fingerprint density at radius 2 is 1.86 bits per heavy atom. The van der Waals surface area contributed by atoms with Crippen molar-refractivity contribution in [1.82, 2.24) is 5.32 Å². The van der Waals surface area contributed by atoms with Crippen LogP contribution in [0, 0.1) is 0 Å². The number of aryl methyl sites for hydroxylation is 2. The van der Waals surface area contributed by atoms with Crippen molar-refractivity contribution in [3.63, 3.8) is 0 Å². The summed E-state index contributed by atoms with van der Waals surface area (Å²) >= 11 is 0. The minimum Gasteiger partial charge on any atom is -0.347 e. The number of nitrogens with zero attached hydrogens (tertiary/aromatic N) is 1. The number of amides is 1. The minimum atomic E-state index is -3.61. The van der Waals surface area contributed by atoms with Crippen molar-refractivity contribution in [1.29, 1.82) is 0 Å². The molecule has 28 heavy (non-hydrogen) atoms. The van der Waals surface area contributed by atoms with Gasteiger partial charge in [-0.1, -0.05) is 43.3 Å². The average molecular weight is 401 g/mol. The van der Waals surface area contributed by atoms with E-state index in [4.69, 9.17) is 0 Å². The summed E-state index contributed by atoms with van der Waals surface area (Å²) in [5, 5.41) is 3.07. The molecule has 2 aromatic carbocycles. The number of hydrogen-bond acceptors (Lipinski definition) is 3.